The van der Waals surface area contributed by atoms with Gasteiger partial charge in [0.15, 0.2) is 0 Å². The summed E-state index contributed by atoms with van der Waals surface area (Å²) in [5, 5.41) is 7.28. The highest BCUT2D eigenvalue weighted by atomic mass is 32.2. The number of nitrogens with one attached hydrogen (secondary N) is 2. The highest BCUT2D eigenvalue weighted by Crippen LogP contribution is 2.15. The van der Waals surface area contributed by atoms with Gasteiger partial charge in [-0.15, -0.1) is 0 Å². The third-order valence-corrected chi connectivity index (χ3v) is 5.17. The summed E-state index contributed by atoms with van der Waals surface area (Å²) in [6.07, 6.45) is 1.47. The van der Waals surface area contributed by atoms with E-state index in [4.69, 9.17) is 11.1 Å². The molecular weight excluding hydrogens is 288 g/mol. The zero-order valence-electron chi connectivity index (χ0n) is 12.2. The Hall–Kier alpha value is -1.44. The first-order valence-electron chi connectivity index (χ1n) is 7.01. The molecule has 1 aromatic carbocycles. The van der Waals surface area contributed by atoms with Gasteiger partial charge < -0.3 is 5.73 Å². The lowest BCUT2D eigenvalue weighted by Gasteiger charge is -2.31. The lowest BCUT2D eigenvalue weighted by atomic mass is 10.1. The number of amidine groups is 1. The van der Waals surface area contributed by atoms with Crippen LogP contribution >= 0.6 is 0 Å². The van der Waals surface area contributed by atoms with E-state index >= 15 is 0 Å². The molecule has 1 aliphatic heterocycles. The van der Waals surface area contributed by atoms with Gasteiger partial charge in [0.25, 0.3) is 0 Å². The molecule has 1 fully saturated rings. The lowest BCUT2D eigenvalue weighted by Crippen LogP contribution is -2.46. The van der Waals surface area contributed by atoms with Crippen LogP contribution in [0.25, 0.3) is 0 Å². The van der Waals surface area contributed by atoms with Crippen LogP contribution in [-0.4, -0.2) is 44.8 Å². The van der Waals surface area contributed by atoms with Gasteiger partial charge in [0, 0.05) is 19.1 Å². The molecule has 116 valence electrons. The van der Waals surface area contributed by atoms with Crippen LogP contribution in [0.15, 0.2) is 29.2 Å². The van der Waals surface area contributed by atoms with E-state index in [0.717, 1.165) is 31.5 Å². The van der Waals surface area contributed by atoms with Crippen molar-refractivity contribution in [1.82, 2.24) is 9.62 Å². The van der Waals surface area contributed by atoms with Crippen LogP contribution in [-0.2, 0) is 10.0 Å². The van der Waals surface area contributed by atoms with Crippen molar-refractivity contribution in [2.45, 2.75) is 30.7 Å². The summed E-state index contributed by atoms with van der Waals surface area (Å²) in [6.45, 7) is 3.88. The van der Waals surface area contributed by atoms with Crippen molar-refractivity contribution in [1.29, 1.82) is 5.41 Å². The third kappa shape index (κ3) is 4.52. The maximum absolute atomic E-state index is 12.3. The van der Waals surface area contributed by atoms with Crippen molar-refractivity contribution in [2.24, 2.45) is 5.73 Å². The van der Waals surface area contributed by atoms with Gasteiger partial charge in [-0.3, -0.25) is 10.3 Å². The van der Waals surface area contributed by atoms with E-state index in [0.29, 0.717) is 11.4 Å². The normalized spacial score (nSPS) is 17.8. The zero-order chi connectivity index (χ0) is 15.5. The quantitative estimate of drug-likeness (QED) is 0.550. The molecule has 7 heteroatoms. The molecule has 0 saturated carbocycles. The summed E-state index contributed by atoms with van der Waals surface area (Å²) >= 11 is 0. The van der Waals surface area contributed by atoms with Crippen molar-refractivity contribution in [3.05, 3.63) is 29.8 Å². The van der Waals surface area contributed by atoms with Gasteiger partial charge in [-0.05, 0) is 31.9 Å². The van der Waals surface area contributed by atoms with E-state index in [9.17, 15) is 8.42 Å². The Morgan fingerprint density at radius 1 is 1.33 bits per heavy atom. The molecule has 1 heterocycles. The van der Waals surface area contributed by atoms with E-state index < -0.39 is 10.0 Å². The van der Waals surface area contributed by atoms with E-state index in [1.54, 1.807) is 24.3 Å². The van der Waals surface area contributed by atoms with Crippen LogP contribution in [0.4, 0.5) is 0 Å². The second-order valence-corrected chi connectivity index (χ2v) is 7.22. The highest BCUT2D eigenvalue weighted by Gasteiger charge is 2.24. The SMILES string of the molecule is Cc1ccc(S(=O)(=O)NC2CCN(CC(=N)N)CC2)cc1. The molecule has 2 rings (SSSR count). The van der Waals surface area contributed by atoms with E-state index in [1.165, 1.54) is 0 Å². The number of hydrogen-bond donors (Lipinski definition) is 3. The summed E-state index contributed by atoms with van der Waals surface area (Å²) in [5.41, 5.74) is 6.41. The molecule has 0 bridgehead atoms. The minimum atomic E-state index is -3.45. The van der Waals surface area contributed by atoms with Crippen LogP contribution in [0.2, 0.25) is 0 Å². The van der Waals surface area contributed by atoms with E-state index in [1.807, 2.05) is 6.92 Å². The summed E-state index contributed by atoms with van der Waals surface area (Å²) in [5.74, 6) is 0.147. The van der Waals surface area contributed by atoms with Crippen LogP contribution in [0.3, 0.4) is 0 Å². The summed E-state index contributed by atoms with van der Waals surface area (Å²) in [7, 11) is -3.45. The van der Waals surface area contributed by atoms with Gasteiger partial charge in [-0.2, -0.15) is 0 Å². The van der Waals surface area contributed by atoms with Gasteiger partial charge in [-0.1, -0.05) is 17.7 Å². The van der Waals surface area contributed by atoms with Crippen LogP contribution in [0.1, 0.15) is 18.4 Å². The summed E-state index contributed by atoms with van der Waals surface area (Å²) in [6, 6.07) is 6.79. The highest BCUT2D eigenvalue weighted by molar-refractivity contribution is 7.89. The van der Waals surface area contributed by atoms with Crippen molar-refractivity contribution in [3.63, 3.8) is 0 Å². The maximum Gasteiger partial charge on any atom is 0.240 e. The second kappa shape index (κ2) is 6.55. The molecule has 0 spiro atoms. The molecule has 1 saturated heterocycles. The molecule has 0 unspecified atom stereocenters. The number of hydrogen-bond acceptors (Lipinski definition) is 4. The van der Waals surface area contributed by atoms with E-state index in [2.05, 4.69) is 9.62 Å². The summed E-state index contributed by atoms with van der Waals surface area (Å²) in [4.78, 5) is 2.37. The molecule has 0 radical (unpaired) electrons. The number of nitrogens with zero attached hydrogens (tertiary/aromatic N) is 1. The fraction of sp³-hybridized carbons (Fsp3) is 0.500. The number of rotatable bonds is 5. The molecule has 21 heavy (non-hydrogen) atoms. The fourth-order valence-corrected chi connectivity index (χ4v) is 3.76. The average Bonchev–Trinajstić information content (AvgIpc) is 2.40. The Morgan fingerprint density at radius 3 is 2.43 bits per heavy atom. The first kappa shape index (κ1) is 15.9. The number of sulfonamides is 1. The van der Waals surface area contributed by atoms with Gasteiger partial charge in [0.05, 0.1) is 11.4 Å². The van der Waals surface area contributed by atoms with Crippen molar-refractivity contribution >= 4 is 15.9 Å². The van der Waals surface area contributed by atoms with Crippen LogP contribution in [0.5, 0.6) is 0 Å². The molecule has 0 aromatic heterocycles. The Labute approximate surface area is 125 Å². The molecule has 4 N–H and O–H groups in total. The Balaban J connectivity index is 1.93. The monoisotopic (exact) mass is 310 g/mol. The largest absolute Gasteiger partial charge is 0.387 e. The van der Waals surface area contributed by atoms with Gasteiger partial charge >= 0.3 is 0 Å². The number of piperidine rings is 1. The standard InChI is InChI=1S/C14H22N4O2S/c1-11-2-4-13(5-3-11)21(19,20)17-12-6-8-18(9-7-12)10-14(15)16/h2-5,12,17H,6-10H2,1H3,(H3,15,16). The maximum atomic E-state index is 12.3. The molecule has 0 aliphatic carbocycles. The second-order valence-electron chi connectivity index (χ2n) is 5.51. The molecule has 1 aliphatic rings. The predicted octanol–water partition coefficient (Wildman–Crippen LogP) is 0.674. The van der Waals surface area contributed by atoms with Crippen LogP contribution in [0, 0.1) is 12.3 Å². The zero-order valence-corrected chi connectivity index (χ0v) is 13.0. The third-order valence-electron chi connectivity index (χ3n) is 3.63. The van der Waals surface area contributed by atoms with Crippen LogP contribution < -0.4 is 10.5 Å². The molecule has 6 nitrogen and oxygen atoms in total. The first-order valence-corrected chi connectivity index (χ1v) is 8.49. The lowest BCUT2D eigenvalue weighted by molar-refractivity contribution is 0.231. The smallest absolute Gasteiger partial charge is 0.240 e. The number of likely N-dealkylation sites (tertiary alicyclic amines) is 1. The Morgan fingerprint density at radius 2 is 1.90 bits per heavy atom. The van der Waals surface area contributed by atoms with Crippen molar-refractivity contribution < 1.29 is 8.42 Å². The number of benzene rings is 1. The minimum Gasteiger partial charge on any atom is -0.387 e. The molecule has 1 aromatic rings. The van der Waals surface area contributed by atoms with Gasteiger partial charge in [0.2, 0.25) is 10.0 Å². The Kier molecular flexibility index (Phi) is 4.97. The average molecular weight is 310 g/mol. The summed E-state index contributed by atoms with van der Waals surface area (Å²) < 4.78 is 27.3. The molecule has 0 atom stereocenters. The van der Waals surface area contributed by atoms with Gasteiger partial charge in [-0.25, -0.2) is 13.1 Å². The van der Waals surface area contributed by atoms with E-state index in [-0.39, 0.29) is 11.9 Å². The van der Waals surface area contributed by atoms with Crippen molar-refractivity contribution in [3.8, 4) is 0 Å². The van der Waals surface area contributed by atoms with Crippen molar-refractivity contribution in [2.75, 3.05) is 19.6 Å². The number of nitrogens with two attached hydrogens (primary N) is 1. The molecule has 0 amide bonds. The fourth-order valence-electron chi connectivity index (χ4n) is 2.45. The topological polar surface area (TPSA) is 99.3 Å². The Bertz CT molecular complexity index is 590. The molecular formula is C14H22N4O2S. The van der Waals surface area contributed by atoms with Gasteiger partial charge in [0.1, 0.15) is 5.84 Å². The minimum absolute atomic E-state index is 0.0560. The predicted molar refractivity (Wildman–Crippen MR) is 82.9 cm³/mol. The number of aryl methyl sites for hydroxylation is 1. The first-order chi connectivity index (χ1) is 9.87.